The number of amides is 1. The van der Waals surface area contributed by atoms with E-state index in [0.29, 0.717) is 11.5 Å². The average Bonchev–Trinajstić information content (AvgIpc) is 3.24. The van der Waals surface area contributed by atoms with E-state index in [9.17, 15) is 4.79 Å². The van der Waals surface area contributed by atoms with Gasteiger partial charge in [-0.15, -0.1) is 11.3 Å². The van der Waals surface area contributed by atoms with Gasteiger partial charge in [0.2, 0.25) is 0 Å². The highest BCUT2D eigenvalue weighted by atomic mass is 32.1. The summed E-state index contributed by atoms with van der Waals surface area (Å²) < 4.78 is 0. The normalized spacial score (nSPS) is 19.9. The zero-order chi connectivity index (χ0) is 16.4. The lowest BCUT2D eigenvalue weighted by atomic mass is 9.99. The summed E-state index contributed by atoms with van der Waals surface area (Å²) >= 11 is 1.62. The summed E-state index contributed by atoms with van der Waals surface area (Å²) in [7, 11) is 0. The van der Waals surface area contributed by atoms with Crippen LogP contribution in [0.25, 0.3) is 0 Å². The van der Waals surface area contributed by atoms with E-state index in [0.717, 1.165) is 43.0 Å². The van der Waals surface area contributed by atoms with Crippen molar-refractivity contribution in [3.63, 3.8) is 0 Å². The van der Waals surface area contributed by atoms with Crippen molar-refractivity contribution in [3.05, 3.63) is 40.2 Å². The van der Waals surface area contributed by atoms with Crippen molar-refractivity contribution in [3.8, 4) is 0 Å². The Morgan fingerprint density at radius 3 is 3.08 bits per heavy atom. The number of hydrogen-bond acceptors (Lipinski definition) is 5. The molecule has 2 N–H and O–H groups in total. The minimum absolute atomic E-state index is 0.111. The van der Waals surface area contributed by atoms with Crippen LogP contribution >= 0.6 is 11.3 Å². The quantitative estimate of drug-likeness (QED) is 0.897. The highest BCUT2D eigenvalue weighted by Crippen LogP contribution is 2.29. The number of carbonyl (C=O) groups is 1. The van der Waals surface area contributed by atoms with E-state index in [2.05, 4.69) is 20.6 Å². The van der Waals surface area contributed by atoms with Gasteiger partial charge in [0, 0.05) is 17.3 Å². The van der Waals surface area contributed by atoms with E-state index >= 15 is 0 Å². The van der Waals surface area contributed by atoms with Gasteiger partial charge in [0.15, 0.2) is 5.13 Å². The lowest BCUT2D eigenvalue weighted by molar-refractivity contribution is 0.102. The van der Waals surface area contributed by atoms with Crippen LogP contribution in [0.15, 0.2) is 18.5 Å². The number of carbonyl (C=O) groups excluding carboxylic acids is 1. The first-order valence-electron chi connectivity index (χ1n) is 8.72. The van der Waals surface area contributed by atoms with Crippen molar-refractivity contribution in [1.82, 2.24) is 15.3 Å². The first kappa shape index (κ1) is 15.7. The predicted molar refractivity (Wildman–Crippen MR) is 95.6 cm³/mol. The van der Waals surface area contributed by atoms with Crippen LogP contribution in [0.3, 0.4) is 0 Å². The molecule has 4 rings (SSSR count). The number of aryl methyl sites for hydroxylation is 2. The lowest BCUT2D eigenvalue weighted by Gasteiger charge is -2.09. The van der Waals surface area contributed by atoms with Crippen molar-refractivity contribution >= 4 is 22.4 Å². The fraction of sp³-hybridized carbons (Fsp3) is 0.500. The zero-order valence-corrected chi connectivity index (χ0v) is 14.5. The maximum Gasteiger partial charge on any atom is 0.259 e. The van der Waals surface area contributed by atoms with Gasteiger partial charge in [0.1, 0.15) is 0 Å². The number of rotatable bonds is 4. The third-order valence-electron chi connectivity index (χ3n) is 4.81. The third kappa shape index (κ3) is 3.49. The summed E-state index contributed by atoms with van der Waals surface area (Å²) in [6.07, 6.45) is 10.2. The molecule has 1 aliphatic carbocycles. The Balaban J connectivity index is 1.44. The topological polar surface area (TPSA) is 66.9 Å². The molecular weight excluding hydrogens is 320 g/mol. The van der Waals surface area contributed by atoms with Crippen LogP contribution in [-0.2, 0) is 19.3 Å². The van der Waals surface area contributed by atoms with Gasteiger partial charge < -0.3 is 5.32 Å². The van der Waals surface area contributed by atoms with E-state index in [-0.39, 0.29) is 5.91 Å². The molecule has 0 bridgehead atoms. The number of anilines is 1. The summed E-state index contributed by atoms with van der Waals surface area (Å²) in [4.78, 5) is 22.7. The number of thiazole rings is 1. The van der Waals surface area contributed by atoms with Crippen molar-refractivity contribution in [1.29, 1.82) is 0 Å². The highest BCUT2D eigenvalue weighted by molar-refractivity contribution is 7.15. The van der Waals surface area contributed by atoms with Gasteiger partial charge in [-0.2, -0.15) is 0 Å². The Labute approximate surface area is 145 Å². The lowest BCUT2D eigenvalue weighted by Crippen LogP contribution is -2.14. The van der Waals surface area contributed by atoms with Crippen LogP contribution in [0.2, 0.25) is 0 Å². The third-order valence-corrected chi connectivity index (χ3v) is 5.88. The van der Waals surface area contributed by atoms with Crippen molar-refractivity contribution < 1.29 is 4.79 Å². The molecule has 3 heterocycles. The Morgan fingerprint density at radius 2 is 2.25 bits per heavy atom. The molecular formula is C18H22N4OS. The van der Waals surface area contributed by atoms with Crippen molar-refractivity contribution in [2.75, 3.05) is 18.4 Å². The first-order valence-corrected chi connectivity index (χ1v) is 9.54. The highest BCUT2D eigenvalue weighted by Gasteiger charge is 2.18. The number of hydrogen-bond donors (Lipinski definition) is 2. The average molecular weight is 342 g/mol. The Kier molecular flexibility index (Phi) is 4.58. The molecule has 0 spiro atoms. The fourth-order valence-corrected chi connectivity index (χ4v) is 4.57. The van der Waals surface area contributed by atoms with Crippen LogP contribution < -0.4 is 10.6 Å². The minimum atomic E-state index is -0.111. The van der Waals surface area contributed by atoms with Crippen LogP contribution in [0.5, 0.6) is 0 Å². The fourth-order valence-electron chi connectivity index (χ4n) is 3.52. The standard InChI is InChI=1S/C18H22N4OS/c23-17(22-18-21-15-3-1-2-4-16(15)24-18)14-8-13(10-20-11-14)7-12-5-6-19-9-12/h8,10-12,19H,1-7,9H2,(H,21,22,23). The molecule has 6 heteroatoms. The molecule has 1 saturated heterocycles. The van der Waals surface area contributed by atoms with Crippen molar-refractivity contribution in [2.45, 2.75) is 38.5 Å². The van der Waals surface area contributed by atoms with E-state index in [1.165, 1.54) is 29.8 Å². The van der Waals surface area contributed by atoms with Gasteiger partial charge in [-0.05, 0) is 69.2 Å². The van der Waals surface area contributed by atoms with E-state index in [1.807, 2.05) is 12.3 Å². The van der Waals surface area contributed by atoms with Crippen molar-refractivity contribution in [2.24, 2.45) is 5.92 Å². The SMILES string of the molecule is O=C(Nc1nc2c(s1)CCCC2)c1cncc(CC2CCNC2)c1. The molecule has 0 radical (unpaired) electrons. The smallest absolute Gasteiger partial charge is 0.259 e. The molecule has 5 nitrogen and oxygen atoms in total. The molecule has 126 valence electrons. The van der Waals surface area contributed by atoms with Gasteiger partial charge in [-0.3, -0.25) is 15.1 Å². The summed E-state index contributed by atoms with van der Waals surface area (Å²) in [6.45, 7) is 2.15. The summed E-state index contributed by atoms with van der Waals surface area (Å²) in [5, 5.41) is 7.05. The molecule has 2 aromatic heterocycles. The second kappa shape index (κ2) is 6.99. The molecule has 2 aromatic rings. The predicted octanol–water partition coefficient (Wildman–Crippen LogP) is 2.82. The van der Waals surface area contributed by atoms with Gasteiger partial charge in [-0.25, -0.2) is 4.98 Å². The molecule has 24 heavy (non-hydrogen) atoms. The maximum absolute atomic E-state index is 12.5. The summed E-state index contributed by atoms with van der Waals surface area (Å²) in [5.74, 6) is 0.538. The maximum atomic E-state index is 12.5. The number of fused-ring (bicyclic) bond motifs is 1. The summed E-state index contributed by atoms with van der Waals surface area (Å²) in [6, 6.07) is 1.97. The van der Waals surface area contributed by atoms with Gasteiger partial charge in [0.05, 0.1) is 11.3 Å². The number of pyridine rings is 1. The van der Waals surface area contributed by atoms with Gasteiger partial charge in [-0.1, -0.05) is 0 Å². The number of nitrogens with one attached hydrogen (secondary N) is 2. The molecule has 1 amide bonds. The first-order chi connectivity index (χ1) is 11.8. The second-order valence-electron chi connectivity index (χ2n) is 6.69. The van der Waals surface area contributed by atoms with Crippen LogP contribution in [0, 0.1) is 5.92 Å². The van der Waals surface area contributed by atoms with Crippen LogP contribution in [0.4, 0.5) is 5.13 Å². The van der Waals surface area contributed by atoms with Crippen LogP contribution in [0.1, 0.15) is 45.8 Å². The number of nitrogens with zero attached hydrogens (tertiary/aromatic N) is 2. The molecule has 2 aliphatic rings. The summed E-state index contributed by atoms with van der Waals surface area (Å²) in [5.41, 5.74) is 2.92. The van der Waals surface area contributed by atoms with E-state index < -0.39 is 0 Å². The Hall–Kier alpha value is -1.79. The van der Waals surface area contributed by atoms with Gasteiger partial charge in [0.25, 0.3) is 5.91 Å². The van der Waals surface area contributed by atoms with Gasteiger partial charge >= 0.3 is 0 Å². The minimum Gasteiger partial charge on any atom is -0.316 e. The molecule has 1 atom stereocenters. The largest absolute Gasteiger partial charge is 0.316 e. The zero-order valence-electron chi connectivity index (χ0n) is 13.7. The molecule has 1 aliphatic heterocycles. The number of aromatic nitrogens is 2. The monoisotopic (exact) mass is 342 g/mol. The van der Waals surface area contributed by atoms with Crippen LogP contribution in [-0.4, -0.2) is 29.0 Å². The molecule has 1 unspecified atom stereocenters. The second-order valence-corrected chi connectivity index (χ2v) is 7.78. The molecule has 1 fully saturated rings. The van der Waals surface area contributed by atoms with E-state index in [1.54, 1.807) is 17.5 Å². The Bertz CT molecular complexity index is 713. The molecule has 0 aromatic carbocycles. The Morgan fingerprint density at radius 1 is 1.33 bits per heavy atom. The van der Waals surface area contributed by atoms with E-state index in [4.69, 9.17) is 0 Å². The molecule has 0 saturated carbocycles.